The Balaban J connectivity index is 2.02. The van der Waals surface area contributed by atoms with Crippen molar-refractivity contribution in [3.63, 3.8) is 0 Å². The van der Waals surface area contributed by atoms with Crippen molar-refractivity contribution in [2.24, 2.45) is 0 Å². The van der Waals surface area contributed by atoms with E-state index < -0.39 is 0 Å². The number of hydrogen-bond donors (Lipinski definition) is 0. The smallest absolute Gasteiger partial charge is 0.249 e. The van der Waals surface area contributed by atoms with Crippen molar-refractivity contribution in [1.82, 2.24) is 10.2 Å². The minimum Gasteiger partial charge on any atom is -0.416 e. The third-order valence-corrected chi connectivity index (χ3v) is 3.21. The average molecular weight is 309 g/mol. The normalized spacial score (nSPS) is 10.8. The molecule has 0 aliphatic rings. The Morgan fingerprint density at radius 1 is 0.950 bits per heavy atom. The first-order valence-corrected chi connectivity index (χ1v) is 6.44. The van der Waals surface area contributed by atoms with Gasteiger partial charge in [-0.25, -0.2) is 4.39 Å². The molecule has 0 spiro atoms. The molecule has 0 amide bonds. The van der Waals surface area contributed by atoms with E-state index in [9.17, 15) is 4.39 Å². The van der Waals surface area contributed by atoms with E-state index in [2.05, 4.69) is 10.2 Å². The van der Waals surface area contributed by atoms with Crippen LogP contribution in [-0.4, -0.2) is 10.2 Å². The van der Waals surface area contributed by atoms with Gasteiger partial charge in [-0.15, -0.1) is 10.2 Å². The zero-order valence-corrected chi connectivity index (χ0v) is 11.5. The lowest BCUT2D eigenvalue weighted by Gasteiger charge is -1.99. The summed E-state index contributed by atoms with van der Waals surface area (Å²) < 4.78 is 18.7. The molecular formula is C14H7Cl2FN2O. The molecule has 0 saturated heterocycles. The minimum absolute atomic E-state index is 0.227. The molecule has 0 atom stereocenters. The van der Waals surface area contributed by atoms with E-state index in [0.717, 1.165) is 0 Å². The first-order chi connectivity index (χ1) is 9.63. The van der Waals surface area contributed by atoms with Crippen LogP contribution in [0.15, 0.2) is 46.9 Å². The van der Waals surface area contributed by atoms with Gasteiger partial charge in [-0.2, -0.15) is 0 Å². The van der Waals surface area contributed by atoms with E-state index in [0.29, 0.717) is 21.2 Å². The van der Waals surface area contributed by atoms with Gasteiger partial charge in [0.1, 0.15) is 5.82 Å². The second-order valence-corrected chi connectivity index (χ2v) is 4.89. The number of halogens is 3. The van der Waals surface area contributed by atoms with Gasteiger partial charge in [0, 0.05) is 10.6 Å². The predicted octanol–water partition coefficient (Wildman–Crippen LogP) is 4.85. The fourth-order valence-electron chi connectivity index (χ4n) is 1.73. The second-order valence-electron chi connectivity index (χ2n) is 4.05. The molecule has 0 bridgehead atoms. The van der Waals surface area contributed by atoms with Crippen molar-refractivity contribution in [3.8, 4) is 22.9 Å². The van der Waals surface area contributed by atoms with E-state index >= 15 is 0 Å². The summed E-state index contributed by atoms with van der Waals surface area (Å²) in [4.78, 5) is 0. The monoisotopic (exact) mass is 308 g/mol. The highest BCUT2D eigenvalue weighted by molar-refractivity contribution is 6.36. The Labute approximate surface area is 124 Å². The lowest BCUT2D eigenvalue weighted by Crippen LogP contribution is -1.79. The Hall–Kier alpha value is -1.91. The molecule has 0 N–H and O–H groups in total. The first kappa shape index (κ1) is 13.1. The third-order valence-electron chi connectivity index (χ3n) is 2.66. The molecule has 3 rings (SSSR count). The van der Waals surface area contributed by atoms with Gasteiger partial charge in [-0.1, -0.05) is 29.3 Å². The van der Waals surface area contributed by atoms with Crippen LogP contribution in [0.2, 0.25) is 10.0 Å². The molecule has 3 aromatic rings. The van der Waals surface area contributed by atoms with Gasteiger partial charge in [0.25, 0.3) is 0 Å². The van der Waals surface area contributed by atoms with Crippen LogP contribution in [0.1, 0.15) is 0 Å². The van der Waals surface area contributed by atoms with E-state index in [4.69, 9.17) is 27.6 Å². The van der Waals surface area contributed by atoms with Crippen LogP contribution in [0.3, 0.4) is 0 Å². The number of hydrogen-bond acceptors (Lipinski definition) is 3. The Bertz CT molecular complexity index is 773. The third kappa shape index (κ3) is 2.53. The maximum absolute atomic E-state index is 13.2. The molecule has 0 radical (unpaired) electrons. The van der Waals surface area contributed by atoms with Crippen LogP contribution in [0.4, 0.5) is 4.39 Å². The maximum atomic E-state index is 13.2. The van der Waals surface area contributed by atoms with Crippen molar-refractivity contribution in [2.75, 3.05) is 0 Å². The van der Waals surface area contributed by atoms with Gasteiger partial charge >= 0.3 is 0 Å². The molecule has 6 heteroatoms. The zero-order valence-electron chi connectivity index (χ0n) is 9.98. The number of rotatable bonds is 2. The van der Waals surface area contributed by atoms with Crippen LogP contribution < -0.4 is 0 Å². The van der Waals surface area contributed by atoms with Gasteiger partial charge in [0.15, 0.2) is 0 Å². The molecule has 0 aliphatic heterocycles. The highest BCUT2D eigenvalue weighted by atomic mass is 35.5. The molecule has 0 unspecified atom stereocenters. The molecule has 0 aliphatic carbocycles. The average Bonchev–Trinajstić information content (AvgIpc) is 2.88. The lowest BCUT2D eigenvalue weighted by molar-refractivity contribution is 0.582. The van der Waals surface area contributed by atoms with Gasteiger partial charge in [-0.05, 0) is 36.4 Å². The van der Waals surface area contributed by atoms with Gasteiger partial charge in [0.05, 0.1) is 10.6 Å². The Kier molecular flexibility index (Phi) is 3.42. The van der Waals surface area contributed by atoms with E-state index in [1.165, 1.54) is 12.1 Å². The fraction of sp³-hybridized carbons (Fsp3) is 0. The van der Waals surface area contributed by atoms with Crippen molar-refractivity contribution in [3.05, 3.63) is 58.3 Å². The molecule has 1 aromatic heterocycles. The number of nitrogens with zero attached hydrogens (tertiary/aromatic N) is 2. The van der Waals surface area contributed by atoms with Crippen molar-refractivity contribution >= 4 is 23.2 Å². The molecule has 1 heterocycles. The molecule has 2 aromatic carbocycles. The quantitative estimate of drug-likeness (QED) is 0.679. The van der Waals surface area contributed by atoms with Gasteiger partial charge in [-0.3, -0.25) is 0 Å². The number of aromatic nitrogens is 2. The molecule has 20 heavy (non-hydrogen) atoms. The summed E-state index contributed by atoms with van der Waals surface area (Å²) in [7, 11) is 0. The minimum atomic E-state index is -0.369. The second kappa shape index (κ2) is 5.23. The summed E-state index contributed by atoms with van der Waals surface area (Å²) in [5, 5.41) is 8.74. The van der Waals surface area contributed by atoms with Crippen LogP contribution in [0.25, 0.3) is 22.9 Å². The van der Waals surface area contributed by atoms with E-state index in [-0.39, 0.29) is 17.6 Å². The topological polar surface area (TPSA) is 38.9 Å². The summed E-state index contributed by atoms with van der Waals surface area (Å²) >= 11 is 11.9. The Morgan fingerprint density at radius 3 is 2.50 bits per heavy atom. The lowest BCUT2D eigenvalue weighted by atomic mass is 10.2. The molecule has 100 valence electrons. The number of benzene rings is 2. The van der Waals surface area contributed by atoms with E-state index in [1.54, 1.807) is 30.3 Å². The SMILES string of the molecule is Fc1cccc(-c2nnc(-c3ccc(Cl)cc3Cl)o2)c1. The molecular weight excluding hydrogens is 302 g/mol. The highest BCUT2D eigenvalue weighted by Gasteiger charge is 2.13. The van der Waals surface area contributed by atoms with Gasteiger partial charge in [0.2, 0.25) is 11.8 Å². The largest absolute Gasteiger partial charge is 0.416 e. The van der Waals surface area contributed by atoms with E-state index in [1.807, 2.05) is 0 Å². The molecule has 0 fully saturated rings. The summed E-state index contributed by atoms with van der Waals surface area (Å²) in [6.07, 6.45) is 0. The summed E-state index contributed by atoms with van der Waals surface area (Å²) in [6, 6.07) is 10.9. The van der Waals surface area contributed by atoms with Crippen LogP contribution in [-0.2, 0) is 0 Å². The van der Waals surface area contributed by atoms with Crippen molar-refractivity contribution in [2.45, 2.75) is 0 Å². The first-order valence-electron chi connectivity index (χ1n) is 5.68. The zero-order chi connectivity index (χ0) is 14.1. The molecule has 3 nitrogen and oxygen atoms in total. The van der Waals surface area contributed by atoms with Crippen molar-refractivity contribution in [1.29, 1.82) is 0 Å². The van der Waals surface area contributed by atoms with Crippen LogP contribution in [0.5, 0.6) is 0 Å². The van der Waals surface area contributed by atoms with Crippen LogP contribution in [0, 0.1) is 5.82 Å². The van der Waals surface area contributed by atoms with Crippen molar-refractivity contribution < 1.29 is 8.81 Å². The highest BCUT2D eigenvalue weighted by Crippen LogP contribution is 2.31. The molecule has 0 saturated carbocycles. The predicted molar refractivity (Wildman–Crippen MR) is 75.1 cm³/mol. The van der Waals surface area contributed by atoms with Gasteiger partial charge < -0.3 is 4.42 Å². The summed E-state index contributed by atoms with van der Waals surface area (Å²) in [6.45, 7) is 0. The standard InChI is InChI=1S/C14H7Cl2FN2O/c15-9-4-5-11(12(16)7-9)14-19-18-13(20-14)8-2-1-3-10(17)6-8/h1-7H. The fourth-order valence-corrected chi connectivity index (χ4v) is 2.22. The maximum Gasteiger partial charge on any atom is 0.249 e. The Morgan fingerprint density at radius 2 is 1.75 bits per heavy atom. The van der Waals surface area contributed by atoms with Crippen LogP contribution >= 0.6 is 23.2 Å². The summed E-state index contributed by atoms with van der Waals surface area (Å²) in [5.74, 6) is 0.114. The summed E-state index contributed by atoms with van der Waals surface area (Å²) in [5.41, 5.74) is 1.08.